The molecule has 0 bridgehead atoms. The third-order valence-electron chi connectivity index (χ3n) is 5.04. The lowest BCUT2D eigenvalue weighted by atomic mass is 10.1. The molecular weight excluding hydrogens is 370 g/mol. The van der Waals surface area contributed by atoms with E-state index in [-0.39, 0.29) is 11.9 Å². The van der Waals surface area contributed by atoms with Crippen molar-refractivity contribution in [2.75, 3.05) is 51.8 Å². The van der Waals surface area contributed by atoms with Crippen molar-refractivity contribution in [1.82, 2.24) is 10.2 Å². The Hall–Kier alpha value is -3.06. The summed E-state index contributed by atoms with van der Waals surface area (Å²) in [7, 11) is 3.02. The Bertz CT molecular complexity index is 813. The highest BCUT2D eigenvalue weighted by atomic mass is 16.5. The standard InChI is InChI=1S/C22H27N3O4/c1-28-20-9-7-19(8-10-20)25-13-11-24(12-14-25)16-21(26)23-15-17-3-5-18(6-4-17)22(27)29-2/h3-10H,11-16H2,1-2H3,(H,23,26). The number of methoxy groups -OCH3 is 2. The molecule has 1 aliphatic heterocycles. The summed E-state index contributed by atoms with van der Waals surface area (Å²) in [5.74, 6) is 0.485. The summed E-state index contributed by atoms with van der Waals surface area (Å²) in [6.07, 6.45) is 0. The fourth-order valence-electron chi connectivity index (χ4n) is 3.29. The Morgan fingerprint density at radius 2 is 1.59 bits per heavy atom. The van der Waals surface area contributed by atoms with Crippen molar-refractivity contribution in [1.29, 1.82) is 0 Å². The molecule has 1 amide bonds. The molecule has 0 atom stereocenters. The third kappa shape index (κ3) is 5.71. The molecule has 1 fully saturated rings. The molecule has 7 heteroatoms. The zero-order valence-corrected chi connectivity index (χ0v) is 16.9. The molecule has 0 saturated carbocycles. The van der Waals surface area contributed by atoms with E-state index in [2.05, 4.69) is 32.0 Å². The molecule has 1 aliphatic rings. The molecule has 1 heterocycles. The molecule has 2 aromatic rings. The topological polar surface area (TPSA) is 71.1 Å². The number of amides is 1. The van der Waals surface area contributed by atoms with Gasteiger partial charge in [0.15, 0.2) is 0 Å². The Kier molecular flexibility index (Phi) is 7.08. The van der Waals surface area contributed by atoms with Gasteiger partial charge in [-0.25, -0.2) is 4.79 Å². The summed E-state index contributed by atoms with van der Waals surface area (Å²) in [6.45, 7) is 4.27. The first-order valence-electron chi connectivity index (χ1n) is 9.64. The zero-order valence-electron chi connectivity index (χ0n) is 16.9. The van der Waals surface area contributed by atoms with Crippen LogP contribution in [-0.2, 0) is 16.1 Å². The Morgan fingerprint density at radius 1 is 0.931 bits per heavy atom. The smallest absolute Gasteiger partial charge is 0.337 e. The van der Waals surface area contributed by atoms with Gasteiger partial charge in [-0.1, -0.05) is 12.1 Å². The second-order valence-electron chi connectivity index (χ2n) is 6.93. The van der Waals surface area contributed by atoms with Crippen molar-refractivity contribution in [3.8, 4) is 5.75 Å². The molecule has 29 heavy (non-hydrogen) atoms. The highest BCUT2D eigenvalue weighted by Gasteiger charge is 2.19. The molecular formula is C22H27N3O4. The van der Waals surface area contributed by atoms with Crippen LogP contribution in [0, 0.1) is 0 Å². The summed E-state index contributed by atoms with van der Waals surface area (Å²) < 4.78 is 9.88. The van der Waals surface area contributed by atoms with E-state index < -0.39 is 0 Å². The number of anilines is 1. The summed E-state index contributed by atoms with van der Waals surface area (Å²) in [5, 5.41) is 2.94. The van der Waals surface area contributed by atoms with Crippen molar-refractivity contribution in [3.05, 3.63) is 59.7 Å². The number of hydrogen-bond acceptors (Lipinski definition) is 6. The summed E-state index contributed by atoms with van der Waals surface area (Å²) in [4.78, 5) is 28.2. The van der Waals surface area contributed by atoms with Crippen LogP contribution in [0.1, 0.15) is 15.9 Å². The van der Waals surface area contributed by atoms with E-state index in [9.17, 15) is 9.59 Å². The predicted molar refractivity (Wildman–Crippen MR) is 111 cm³/mol. The first kappa shape index (κ1) is 20.7. The monoisotopic (exact) mass is 397 g/mol. The number of piperazine rings is 1. The number of ether oxygens (including phenoxy) is 2. The van der Waals surface area contributed by atoms with Gasteiger partial charge in [-0.05, 0) is 42.0 Å². The van der Waals surface area contributed by atoms with Crippen LogP contribution in [0.25, 0.3) is 0 Å². The molecule has 0 aromatic heterocycles. The van der Waals surface area contributed by atoms with Crippen LogP contribution < -0.4 is 15.0 Å². The minimum atomic E-state index is -0.366. The fraction of sp³-hybridized carbons (Fsp3) is 0.364. The van der Waals surface area contributed by atoms with Crippen LogP contribution in [0.5, 0.6) is 5.75 Å². The number of benzene rings is 2. The molecule has 0 unspecified atom stereocenters. The van der Waals surface area contributed by atoms with Crippen LogP contribution in [0.3, 0.4) is 0 Å². The van der Waals surface area contributed by atoms with Gasteiger partial charge in [-0.2, -0.15) is 0 Å². The lowest BCUT2D eigenvalue weighted by Gasteiger charge is -2.35. The van der Waals surface area contributed by atoms with Gasteiger partial charge < -0.3 is 19.7 Å². The fourth-order valence-corrected chi connectivity index (χ4v) is 3.29. The van der Waals surface area contributed by atoms with Crippen molar-refractivity contribution < 1.29 is 19.1 Å². The number of esters is 1. The first-order valence-corrected chi connectivity index (χ1v) is 9.64. The molecule has 0 spiro atoms. The minimum absolute atomic E-state index is 0.0000538. The first-order chi connectivity index (χ1) is 14.1. The van der Waals surface area contributed by atoms with Gasteiger partial charge >= 0.3 is 5.97 Å². The number of carbonyl (C=O) groups excluding carboxylic acids is 2. The van der Waals surface area contributed by atoms with E-state index in [1.165, 1.54) is 12.8 Å². The molecule has 3 rings (SSSR count). The molecule has 0 radical (unpaired) electrons. The molecule has 1 saturated heterocycles. The van der Waals surface area contributed by atoms with E-state index in [1.807, 2.05) is 24.3 Å². The zero-order chi connectivity index (χ0) is 20.6. The van der Waals surface area contributed by atoms with Crippen molar-refractivity contribution in [2.45, 2.75) is 6.54 Å². The average molecular weight is 397 g/mol. The van der Waals surface area contributed by atoms with Gasteiger partial charge in [0.2, 0.25) is 5.91 Å². The summed E-state index contributed by atoms with van der Waals surface area (Å²) >= 11 is 0. The van der Waals surface area contributed by atoms with Gasteiger partial charge in [0.05, 0.1) is 26.3 Å². The number of rotatable bonds is 7. The van der Waals surface area contributed by atoms with Crippen LogP contribution in [0.15, 0.2) is 48.5 Å². The normalized spacial score (nSPS) is 14.3. The molecule has 7 nitrogen and oxygen atoms in total. The van der Waals surface area contributed by atoms with E-state index in [0.717, 1.165) is 37.5 Å². The average Bonchev–Trinajstić information content (AvgIpc) is 2.78. The maximum atomic E-state index is 12.3. The van der Waals surface area contributed by atoms with Crippen LogP contribution in [0.4, 0.5) is 5.69 Å². The Balaban J connectivity index is 1.40. The van der Waals surface area contributed by atoms with Crippen molar-refractivity contribution in [2.24, 2.45) is 0 Å². The quantitative estimate of drug-likeness (QED) is 0.720. The largest absolute Gasteiger partial charge is 0.497 e. The Labute approximate surface area is 171 Å². The van der Waals surface area contributed by atoms with E-state index >= 15 is 0 Å². The number of hydrogen-bond donors (Lipinski definition) is 1. The third-order valence-corrected chi connectivity index (χ3v) is 5.04. The second kappa shape index (κ2) is 9.93. The highest BCUT2D eigenvalue weighted by Crippen LogP contribution is 2.20. The lowest BCUT2D eigenvalue weighted by molar-refractivity contribution is -0.122. The number of nitrogens with zero attached hydrogens (tertiary/aromatic N) is 2. The van der Waals surface area contributed by atoms with Crippen molar-refractivity contribution in [3.63, 3.8) is 0 Å². The van der Waals surface area contributed by atoms with E-state index in [4.69, 9.17) is 4.74 Å². The number of carbonyl (C=O) groups is 2. The van der Waals surface area contributed by atoms with E-state index in [1.54, 1.807) is 19.2 Å². The lowest BCUT2D eigenvalue weighted by Crippen LogP contribution is -2.49. The maximum Gasteiger partial charge on any atom is 0.337 e. The van der Waals surface area contributed by atoms with Crippen LogP contribution in [-0.4, -0.2) is 63.7 Å². The van der Waals surface area contributed by atoms with Crippen LogP contribution >= 0.6 is 0 Å². The minimum Gasteiger partial charge on any atom is -0.497 e. The predicted octanol–water partition coefficient (Wildman–Crippen LogP) is 1.92. The molecule has 0 aliphatic carbocycles. The van der Waals surface area contributed by atoms with Gasteiger partial charge in [0.25, 0.3) is 0 Å². The van der Waals surface area contributed by atoms with Gasteiger partial charge in [-0.15, -0.1) is 0 Å². The molecule has 2 aromatic carbocycles. The molecule has 1 N–H and O–H groups in total. The van der Waals surface area contributed by atoms with Gasteiger partial charge in [0, 0.05) is 38.4 Å². The summed E-state index contributed by atoms with van der Waals surface area (Å²) in [5.41, 5.74) is 2.61. The van der Waals surface area contributed by atoms with Crippen molar-refractivity contribution >= 4 is 17.6 Å². The van der Waals surface area contributed by atoms with Crippen LogP contribution in [0.2, 0.25) is 0 Å². The SMILES string of the molecule is COC(=O)c1ccc(CNC(=O)CN2CCN(c3ccc(OC)cc3)CC2)cc1. The van der Waals surface area contributed by atoms with E-state index in [0.29, 0.717) is 18.7 Å². The maximum absolute atomic E-state index is 12.3. The highest BCUT2D eigenvalue weighted by molar-refractivity contribution is 5.89. The Morgan fingerprint density at radius 3 is 2.17 bits per heavy atom. The van der Waals surface area contributed by atoms with Gasteiger partial charge in [-0.3, -0.25) is 9.69 Å². The number of nitrogens with one attached hydrogen (secondary N) is 1. The summed E-state index contributed by atoms with van der Waals surface area (Å²) in [6, 6.07) is 15.1. The molecule has 154 valence electrons. The second-order valence-corrected chi connectivity index (χ2v) is 6.93. The van der Waals surface area contributed by atoms with Gasteiger partial charge in [0.1, 0.15) is 5.75 Å².